The van der Waals surface area contributed by atoms with E-state index in [1.54, 1.807) is 23.0 Å². The number of carboxylic acid groups (broad SMARTS) is 1. The Bertz CT molecular complexity index is 1030. The molecule has 2 N–H and O–H groups in total. The minimum Gasteiger partial charge on any atom is -0.478 e. The fourth-order valence-electron chi connectivity index (χ4n) is 2.98. The Hall–Kier alpha value is -2.77. The number of anilines is 1. The van der Waals surface area contributed by atoms with Gasteiger partial charge in [0.1, 0.15) is 5.82 Å². The Morgan fingerprint density at radius 1 is 1.19 bits per heavy atom. The average molecular weight is 400 g/mol. The molecule has 1 aliphatic rings. The summed E-state index contributed by atoms with van der Waals surface area (Å²) in [5.74, 6) is -0.260. The summed E-state index contributed by atoms with van der Waals surface area (Å²) >= 11 is 7.87. The Kier molecular flexibility index (Phi) is 4.63. The first kappa shape index (κ1) is 17.6. The number of nitrogens with one attached hydrogen (secondary N) is 1. The summed E-state index contributed by atoms with van der Waals surface area (Å²) < 4.78 is 1.61. The van der Waals surface area contributed by atoms with Gasteiger partial charge in [0, 0.05) is 10.6 Å². The SMILES string of the molecule is O=C1CS[C@@H](c2ccccc2Cl)c2cnn(-c3ccc(C(=O)O)cc3)c2N1. The van der Waals surface area contributed by atoms with E-state index in [2.05, 4.69) is 10.4 Å². The molecule has 4 rings (SSSR count). The Morgan fingerprint density at radius 3 is 2.63 bits per heavy atom. The molecule has 27 heavy (non-hydrogen) atoms. The number of aromatic carboxylic acids is 1. The molecule has 0 aliphatic carbocycles. The molecule has 0 saturated heterocycles. The van der Waals surface area contributed by atoms with E-state index in [9.17, 15) is 9.59 Å². The van der Waals surface area contributed by atoms with Crippen molar-refractivity contribution in [2.75, 3.05) is 11.1 Å². The molecule has 0 radical (unpaired) electrons. The quantitative estimate of drug-likeness (QED) is 0.695. The largest absolute Gasteiger partial charge is 0.478 e. The van der Waals surface area contributed by atoms with Gasteiger partial charge in [-0.25, -0.2) is 9.48 Å². The molecule has 0 fully saturated rings. The lowest BCUT2D eigenvalue weighted by molar-refractivity contribution is -0.113. The first-order valence-corrected chi connectivity index (χ1v) is 9.55. The normalized spacial score (nSPS) is 16.3. The third-order valence-corrected chi connectivity index (χ3v) is 5.88. The molecule has 0 bridgehead atoms. The highest BCUT2D eigenvalue weighted by Crippen LogP contribution is 2.44. The van der Waals surface area contributed by atoms with Crippen LogP contribution in [0.3, 0.4) is 0 Å². The molecule has 0 spiro atoms. The number of carbonyl (C=O) groups is 2. The summed E-state index contributed by atoms with van der Waals surface area (Å²) in [5.41, 5.74) is 2.61. The smallest absolute Gasteiger partial charge is 0.335 e. The van der Waals surface area contributed by atoms with Crippen molar-refractivity contribution in [3.8, 4) is 5.69 Å². The number of hydrogen-bond acceptors (Lipinski definition) is 4. The summed E-state index contributed by atoms with van der Waals surface area (Å²) in [6, 6.07) is 13.9. The molecule has 2 heterocycles. The topological polar surface area (TPSA) is 84.2 Å². The number of benzene rings is 2. The monoisotopic (exact) mass is 399 g/mol. The summed E-state index contributed by atoms with van der Waals surface area (Å²) in [5, 5.41) is 16.9. The molecule has 6 nitrogen and oxygen atoms in total. The molecule has 1 aliphatic heterocycles. The van der Waals surface area contributed by atoms with Gasteiger partial charge in [-0.05, 0) is 35.9 Å². The second-order valence-corrected chi connectivity index (χ2v) is 7.47. The van der Waals surface area contributed by atoms with Crippen molar-refractivity contribution in [1.82, 2.24) is 9.78 Å². The van der Waals surface area contributed by atoms with Gasteiger partial charge < -0.3 is 10.4 Å². The highest BCUT2D eigenvalue weighted by atomic mass is 35.5. The van der Waals surface area contributed by atoms with Gasteiger partial charge in [-0.3, -0.25) is 4.79 Å². The van der Waals surface area contributed by atoms with Gasteiger partial charge in [0.25, 0.3) is 0 Å². The summed E-state index contributed by atoms with van der Waals surface area (Å²) in [7, 11) is 0. The number of hydrogen-bond donors (Lipinski definition) is 2. The van der Waals surface area contributed by atoms with Gasteiger partial charge in [0.2, 0.25) is 5.91 Å². The average Bonchev–Trinajstić information content (AvgIpc) is 2.99. The zero-order valence-corrected chi connectivity index (χ0v) is 15.5. The minimum atomic E-state index is -0.996. The maximum Gasteiger partial charge on any atom is 0.335 e. The van der Waals surface area contributed by atoms with Gasteiger partial charge in [-0.1, -0.05) is 29.8 Å². The van der Waals surface area contributed by atoms with Crippen molar-refractivity contribution >= 4 is 41.1 Å². The molecule has 0 unspecified atom stereocenters. The maximum atomic E-state index is 12.2. The number of aromatic nitrogens is 2. The van der Waals surface area contributed by atoms with Crippen molar-refractivity contribution in [3.63, 3.8) is 0 Å². The van der Waals surface area contributed by atoms with Crippen molar-refractivity contribution in [3.05, 3.63) is 76.4 Å². The summed E-state index contributed by atoms with van der Waals surface area (Å²) in [4.78, 5) is 23.3. The van der Waals surface area contributed by atoms with Crippen LogP contribution in [0.4, 0.5) is 5.82 Å². The molecular weight excluding hydrogens is 386 g/mol. The van der Waals surface area contributed by atoms with Crippen molar-refractivity contribution in [1.29, 1.82) is 0 Å². The van der Waals surface area contributed by atoms with Crippen LogP contribution in [-0.2, 0) is 4.79 Å². The highest BCUT2D eigenvalue weighted by molar-refractivity contribution is 8.00. The standard InChI is InChI=1S/C19H14ClN3O3S/c20-15-4-2-1-3-13(15)17-14-9-21-23(18(14)22-16(24)10-27-17)12-7-5-11(6-8-12)19(25)26/h1-9,17H,10H2,(H,22,24)(H,25,26)/t17-/m0/s1. The van der Waals surface area contributed by atoms with Crippen LogP contribution < -0.4 is 5.32 Å². The summed E-state index contributed by atoms with van der Waals surface area (Å²) in [6.45, 7) is 0. The predicted molar refractivity (Wildman–Crippen MR) is 105 cm³/mol. The van der Waals surface area contributed by atoms with Crippen LogP contribution in [0.15, 0.2) is 54.7 Å². The number of halogens is 1. The first-order valence-electron chi connectivity index (χ1n) is 8.12. The van der Waals surface area contributed by atoms with Crippen LogP contribution in [0.1, 0.15) is 26.7 Å². The van der Waals surface area contributed by atoms with Gasteiger partial charge in [0.15, 0.2) is 0 Å². The van der Waals surface area contributed by atoms with Gasteiger partial charge >= 0.3 is 5.97 Å². The van der Waals surface area contributed by atoms with E-state index in [-0.39, 0.29) is 16.7 Å². The lowest BCUT2D eigenvalue weighted by Gasteiger charge is -2.15. The van der Waals surface area contributed by atoms with Gasteiger partial charge in [0.05, 0.1) is 28.5 Å². The van der Waals surface area contributed by atoms with E-state index in [1.807, 2.05) is 24.3 Å². The second kappa shape index (κ2) is 7.09. The molecule has 136 valence electrons. The lowest BCUT2D eigenvalue weighted by atomic mass is 10.1. The number of rotatable bonds is 3. The van der Waals surface area contributed by atoms with E-state index >= 15 is 0 Å². The number of carbonyl (C=O) groups excluding carboxylic acids is 1. The fourth-order valence-corrected chi connectivity index (χ4v) is 4.42. The maximum absolute atomic E-state index is 12.2. The minimum absolute atomic E-state index is 0.125. The van der Waals surface area contributed by atoms with Crippen molar-refractivity contribution in [2.24, 2.45) is 0 Å². The predicted octanol–water partition coefficient (Wildman–Crippen LogP) is 4.00. The van der Waals surface area contributed by atoms with Crippen molar-refractivity contribution in [2.45, 2.75) is 5.25 Å². The van der Waals surface area contributed by atoms with E-state index in [0.717, 1.165) is 11.1 Å². The number of nitrogens with zero attached hydrogens (tertiary/aromatic N) is 2. The Balaban J connectivity index is 1.81. The molecule has 1 aromatic heterocycles. The van der Waals surface area contributed by atoms with Crippen LogP contribution >= 0.6 is 23.4 Å². The van der Waals surface area contributed by atoms with Crippen LogP contribution in [-0.4, -0.2) is 32.5 Å². The molecular formula is C19H14ClN3O3S. The number of fused-ring (bicyclic) bond motifs is 1. The Labute approximate surface area is 164 Å². The summed E-state index contributed by atoms with van der Waals surface area (Å²) in [6.07, 6.45) is 1.72. The zero-order valence-electron chi connectivity index (χ0n) is 13.9. The lowest BCUT2D eigenvalue weighted by Crippen LogP contribution is -2.15. The van der Waals surface area contributed by atoms with Crippen LogP contribution in [0.25, 0.3) is 5.69 Å². The van der Waals surface area contributed by atoms with E-state index < -0.39 is 5.97 Å². The Morgan fingerprint density at radius 2 is 1.93 bits per heavy atom. The molecule has 1 atom stereocenters. The van der Waals surface area contributed by atoms with E-state index in [1.165, 1.54) is 23.9 Å². The molecule has 2 aromatic carbocycles. The van der Waals surface area contributed by atoms with E-state index in [4.69, 9.17) is 16.7 Å². The fraction of sp³-hybridized carbons (Fsp3) is 0.105. The van der Waals surface area contributed by atoms with Crippen LogP contribution in [0.5, 0.6) is 0 Å². The third-order valence-electron chi connectivity index (χ3n) is 4.27. The number of thioether (sulfide) groups is 1. The van der Waals surface area contributed by atoms with Crippen LogP contribution in [0.2, 0.25) is 5.02 Å². The number of carboxylic acids is 1. The number of amides is 1. The van der Waals surface area contributed by atoms with Gasteiger partial charge in [-0.15, -0.1) is 11.8 Å². The highest BCUT2D eigenvalue weighted by Gasteiger charge is 2.29. The molecule has 8 heteroatoms. The first-order chi connectivity index (χ1) is 13.0. The molecule has 1 amide bonds. The molecule has 0 saturated carbocycles. The second-order valence-electron chi connectivity index (χ2n) is 5.97. The van der Waals surface area contributed by atoms with E-state index in [0.29, 0.717) is 22.3 Å². The zero-order chi connectivity index (χ0) is 19.0. The third kappa shape index (κ3) is 3.31. The van der Waals surface area contributed by atoms with Crippen molar-refractivity contribution < 1.29 is 14.7 Å². The molecule has 3 aromatic rings. The van der Waals surface area contributed by atoms with Crippen LogP contribution in [0, 0.1) is 0 Å². The van der Waals surface area contributed by atoms with Gasteiger partial charge in [-0.2, -0.15) is 5.10 Å².